The average molecular weight is 344 g/mol. The van der Waals surface area contributed by atoms with Crippen molar-refractivity contribution in [2.24, 2.45) is 13.0 Å². The average Bonchev–Trinajstić information content (AvgIpc) is 3.26. The van der Waals surface area contributed by atoms with Crippen LogP contribution in [0.25, 0.3) is 0 Å². The lowest BCUT2D eigenvalue weighted by atomic mass is 9.94. The molecule has 2 atom stereocenters. The third kappa shape index (κ3) is 3.35. The summed E-state index contributed by atoms with van der Waals surface area (Å²) in [6.07, 6.45) is 2.90. The molecule has 0 aromatic carbocycles. The van der Waals surface area contributed by atoms with Crippen LogP contribution in [-0.4, -0.2) is 33.4 Å². The molecule has 1 saturated heterocycles. The smallest absolute Gasteiger partial charge is 0.267 e. The van der Waals surface area contributed by atoms with E-state index in [4.69, 9.17) is 4.74 Å². The van der Waals surface area contributed by atoms with E-state index in [9.17, 15) is 4.79 Å². The predicted octanol–water partition coefficient (Wildman–Crippen LogP) is 2.93. The number of carbonyl (C=O) groups excluding carboxylic acids is 1. The summed E-state index contributed by atoms with van der Waals surface area (Å²) in [7, 11) is 1.96. The summed E-state index contributed by atoms with van der Waals surface area (Å²) in [5.41, 5.74) is 4.02. The quantitative estimate of drug-likeness (QED) is 0.907. The van der Waals surface area contributed by atoms with Crippen LogP contribution in [0.4, 0.5) is 0 Å². The summed E-state index contributed by atoms with van der Waals surface area (Å²) >= 11 is 0. The van der Waals surface area contributed by atoms with Crippen LogP contribution in [0.15, 0.2) is 18.3 Å². The number of aryl methyl sites for hydroxylation is 2. The first kappa shape index (κ1) is 17.7. The topological polar surface area (TPSA) is 61.1 Å². The van der Waals surface area contributed by atoms with E-state index in [1.807, 2.05) is 41.5 Å². The van der Waals surface area contributed by atoms with Crippen LogP contribution in [0.3, 0.4) is 0 Å². The fraction of sp³-hybridized carbons (Fsp3) is 0.579. The molecule has 1 N–H and O–H groups in total. The Morgan fingerprint density at radius 2 is 2.20 bits per heavy atom. The first-order valence-corrected chi connectivity index (χ1v) is 8.97. The van der Waals surface area contributed by atoms with Crippen LogP contribution >= 0.6 is 0 Å². The van der Waals surface area contributed by atoms with Crippen molar-refractivity contribution in [2.45, 2.75) is 46.3 Å². The highest BCUT2D eigenvalue weighted by Gasteiger charge is 2.33. The lowest BCUT2D eigenvalue weighted by Gasteiger charge is -2.20. The lowest BCUT2D eigenvalue weighted by Crippen LogP contribution is -2.32. The van der Waals surface area contributed by atoms with Gasteiger partial charge in [-0.3, -0.25) is 9.48 Å². The summed E-state index contributed by atoms with van der Waals surface area (Å²) in [6.45, 7) is 9.58. The lowest BCUT2D eigenvalue weighted by molar-refractivity contribution is 0.0835. The van der Waals surface area contributed by atoms with Gasteiger partial charge in [0, 0.05) is 49.6 Å². The number of hydrogen-bond acceptors (Lipinski definition) is 3. The fourth-order valence-electron chi connectivity index (χ4n) is 3.71. The number of carbonyl (C=O) groups is 1. The number of rotatable bonds is 5. The van der Waals surface area contributed by atoms with Crippen LogP contribution in [0.1, 0.15) is 59.9 Å². The van der Waals surface area contributed by atoms with Crippen molar-refractivity contribution in [3.05, 3.63) is 41.0 Å². The van der Waals surface area contributed by atoms with E-state index in [1.54, 1.807) is 0 Å². The number of amides is 1. The molecule has 1 fully saturated rings. The van der Waals surface area contributed by atoms with Crippen molar-refractivity contribution in [1.29, 1.82) is 0 Å². The second kappa shape index (κ2) is 7.04. The molecule has 0 unspecified atom stereocenters. The van der Waals surface area contributed by atoms with Crippen LogP contribution in [0.5, 0.6) is 0 Å². The van der Waals surface area contributed by atoms with Gasteiger partial charge in [0.25, 0.3) is 5.91 Å². The van der Waals surface area contributed by atoms with Crippen molar-refractivity contribution in [3.63, 3.8) is 0 Å². The normalized spacial score (nSPS) is 20.4. The van der Waals surface area contributed by atoms with Crippen molar-refractivity contribution in [3.8, 4) is 0 Å². The number of hydrogen-bond donors (Lipinski definition) is 1. The van der Waals surface area contributed by atoms with E-state index in [-0.39, 0.29) is 24.0 Å². The van der Waals surface area contributed by atoms with Crippen molar-refractivity contribution in [2.75, 3.05) is 13.2 Å². The van der Waals surface area contributed by atoms with E-state index in [1.165, 1.54) is 5.56 Å². The van der Waals surface area contributed by atoms with E-state index in [2.05, 4.69) is 31.2 Å². The minimum Gasteiger partial charge on any atom is -0.373 e. The Bertz CT molecular complexity index is 760. The van der Waals surface area contributed by atoms with E-state index in [0.717, 1.165) is 24.4 Å². The highest BCUT2D eigenvalue weighted by Crippen LogP contribution is 2.37. The summed E-state index contributed by atoms with van der Waals surface area (Å²) in [5.74, 6) is 0.247. The Kier molecular flexibility index (Phi) is 4.99. The molecule has 0 spiro atoms. The van der Waals surface area contributed by atoms with Gasteiger partial charge in [-0.2, -0.15) is 5.10 Å². The predicted molar refractivity (Wildman–Crippen MR) is 96.6 cm³/mol. The molecule has 6 heteroatoms. The maximum atomic E-state index is 12.6. The van der Waals surface area contributed by atoms with Crippen LogP contribution < -0.4 is 5.32 Å². The van der Waals surface area contributed by atoms with Crippen molar-refractivity contribution >= 4 is 5.91 Å². The van der Waals surface area contributed by atoms with E-state index in [0.29, 0.717) is 12.2 Å². The number of nitrogens with zero attached hydrogens (tertiary/aromatic N) is 3. The summed E-state index contributed by atoms with van der Waals surface area (Å²) in [4.78, 5) is 12.6. The molecule has 0 bridgehead atoms. The molecule has 1 aliphatic rings. The maximum absolute atomic E-state index is 12.6. The minimum absolute atomic E-state index is 0.00545. The summed E-state index contributed by atoms with van der Waals surface area (Å²) < 4.78 is 9.90. The Labute approximate surface area is 149 Å². The Balaban J connectivity index is 1.70. The van der Waals surface area contributed by atoms with Gasteiger partial charge in [0.15, 0.2) is 0 Å². The zero-order valence-corrected chi connectivity index (χ0v) is 15.7. The largest absolute Gasteiger partial charge is 0.373 e. The first-order chi connectivity index (χ1) is 11.9. The van der Waals surface area contributed by atoms with Crippen LogP contribution in [-0.2, 0) is 11.8 Å². The number of aromatic nitrogens is 3. The summed E-state index contributed by atoms with van der Waals surface area (Å²) in [5, 5.41) is 7.60. The Morgan fingerprint density at radius 1 is 1.44 bits per heavy atom. The molecule has 2 aromatic rings. The van der Waals surface area contributed by atoms with Crippen LogP contribution in [0.2, 0.25) is 0 Å². The van der Waals surface area contributed by atoms with E-state index < -0.39 is 0 Å². The molecule has 2 aromatic heterocycles. The highest BCUT2D eigenvalue weighted by molar-refractivity contribution is 5.92. The molecule has 0 aliphatic carbocycles. The van der Waals surface area contributed by atoms with E-state index >= 15 is 0 Å². The Hall–Kier alpha value is -2.08. The number of ether oxygens (including phenoxy) is 1. The van der Waals surface area contributed by atoms with Gasteiger partial charge in [-0.05, 0) is 46.2 Å². The van der Waals surface area contributed by atoms with Gasteiger partial charge in [-0.25, -0.2) is 0 Å². The fourth-order valence-corrected chi connectivity index (χ4v) is 3.71. The molecular formula is C19H28N4O2. The van der Waals surface area contributed by atoms with Gasteiger partial charge in [0.05, 0.1) is 11.8 Å². The molecule has 0 radical (unpaired) electrons. The van der Waals surface area contributed by atoms with Gasteiger partial charge in [0.2, 0.25) is 0 Å². The highest BCUT2D eigenvalue weighted by atomic mass is 16.5. The van der Waals surface area contributed by atoms with Gasteiger partial charge < -0.3 is 14.6 Å². The molecule has 0 saturated carbocycles. The van der Waals surface area contributed by atoms with Crippen molar-refractivity contribution < 1.29 is 9.53 Å². The first-order valence-electron chi connectivity index (χ1n) is 8.97. The molecule has 1 aliphatic heterocycles. The van der Waals surface area contributed by atoms with Crippen molar-refractivity contribution in [1.82, 2.24) is 19.7 Å². The minimum atomic E-state index is -0.0241. The van der Waals surface area contributed by atoms with Gasteiger partial charge >= 0.3 is 0 Å². The molecule has 6 nitrogen and oxygen atoms in total. The van der Waals surface area contributed by atoms with Crippen LogP contribution in [0, 0.1) is 19.8 Å². The molecule has 25 heavy (non-hydrogen) atoms. The standard InChI is InChI=1S/C19H28N4O2/c1-12(2)23-9-6-7-16(23)19(24)20-11-15-8-10-25-18(15)17-13(3)21-22(5)14(17)4/h6-7,9,12,15,18H,8,10-11H2,1-5H3,(H,20,24)/t15-,18+/m1/s1. The molecule has 136 valence electrons. The second-order valence-electron chi connectivity index (χ2n) is 7.15. The molecule has 3 heterocycles. The summed E-state index contributed by atoms with van der Waals surface area (Å²) in [6, 6.07) is 4.05. The third-order valence-electron chi connectivity index (χ3n) is 5.16. The number of nitrogens with one attached hydrogen (secondary N) is 1. The van der Waals surface area contributed by atoms with Gasteiger partial charge in [0.1, 0.15) is 5.69 Å². The van der Waals surface area contributed by atoms with Gasteiger partial charge in [-0.15, -0.1) is 0 Å². The zero-order chi connectivity index (χ0) is 18.1. The maximum Gasteiger partial charge on any atom is 0.267 e. The second-order valence-corrected chi connectivity index (χ2v) is 7.15. The zero-order valence-electron chi connectivity index (χ0n) is 15.7. The molecule has 3 rings (SSSR count). The Morgan fingerprint density at radius 3 is 2.84 bits per heavy atom. The third-order valence-corrected chi connectivity index (χ3v) is 5.16. The van der Waals surface area contributed by atoms with Gasteiger partial charge in [-0.1, -0.05) is 0 Å². The monoisotopic (exact) mass is 344 g/mol. The SMILES string of the molecule is Cc1nn(C)c(C)c1[C@H]1OCC[C@@H]1CNC(=O)c1cccn1C(C)C. The molecular weight excluding hydrogens is 316 g/mol. The molecule has 1 amide bonds.